The number of rotatable bonds is 0. The zero-order valence-corrected chi connectivity index (χ0v) is 10.5. The zero-order chi connectivity index (χ0) is 13.0. The molecule has 2 heterocycles. The summed E-state index contributed by atoms with van der Waals surface area (Å²) in [5.41, 5.74) is 0.980. The summed E-state index contributed by atoms with van der Waals surface area (Å²) in [7, 11) is 0. The molecule has 2 aliphatic rings. The van der Waals surface area contributed by atoms with E-state index >= 15 is 0 Å². The standard InChI is InChI=1S/C16H14O3/c1-2-5-14(6-3-1)7-4-8-15-9-10-16(19-15)13-17-11-12-18-16/h1-3,5-6,8-10H,11-13H2/b15-8-. The van der Waals surface area contributed by atoms with Gasteiger partial charge in [0.15, 0.2) is 0 Å². The molecule has 1 saturated heterocycles. The second kappa shape index (κ2) is 5.31. The minimum absolute atomic E-state index is 0.424. The second-order valence-corrected chi connectivity index (χ2v) is 4.33. The van der Waals surface area contributed by atoms with Crippen LogP contribution in [0.2, 0.25) is 0 Å². The Labute approximate surface area is 112 Å². The van der Waals surface area contributed by atoms with E-state index in [0.29, 0.717) is 25.6 Å². The normalized spacial score (nSPS) is 27.1. The first-order chi connectivity index (χ1) is 9.36. The lowest BCUT2D eigenvalue weighted by Gasteiger charge is -2.31. The van der Waals surface area contributed by atoms with E-state index in [9.17, 15) is 0 Å². The van der Waals surface area contributed by atoms with Crippen molar-refractivity contribution in [2.24, 2.45) is 0 Å². The second-order valence-electron chi connectivity index (χ2n) is 4.33. The molecule has 0 aromatic heterocycles. The maximum atomic E-state index is 5.73. The molecule has 0 bridgehead atoms. The molecule has 1 spiro atoms. The van der Waals surface area contributed by atoms with Crippen LogP contribution in [0.25, 0.3) is 0 Å². The highest BCUT2D eigenvalue weighted by Gasteiger charge is 2.37. The molecule has 2 aliphatic heterocycles. The predicted octanol–water partition coefficient (Wildman–Crippen LogP) is 2.25. The van der Waals surface area contributed by atoms with Crippen molar-refractivity contribution in [3.05, 3.63) is 59.9 Å². The summed E-state index contributed by atoms with van der Waals surface area (Å²) in [6, 6.07) is 9.83. The Bertz CT molecular complexity index is 555. The third-order valence-corrected chi connectivity index (χ3v) is 2.87. The maximum Gasteiger partial charge on any atom is 0.254 e. The number of benzene rings is 1. The molecule has 19 heavy (non-hydrogen) atoms. The van der Waals surface area contributed by atoms with E-state index in [4.69, 9.17) is 14.2 Å². The summed E-state index contributed by atoms with van der Waals surface area (Å²) >= 11 is 0. The van der Waals surface area contributed by atoms with Crippen molar-refractivity contribution in [3.8, 4) is 11.8 Å². The third-order valence-electron chi connectivity index (χ3n) is 2.87. The first kappa shape index (κ1) is 12.0. The molecule has 0 N–H and O–H groups in total. The lowest BCUT2D eigenvalue weighted by molar-refractivity contribution is -0.239. The lowest BCUT2D eigenvalue weighted by atomic mass is 10.2. The van der Waals surface area contributed by atoms with Crippen LogP contribution in [0.4, 0.5) is 0 Å². The quantitative estimate of drug-likeness (QED) is 0.665. The van der Waals surface area contributed by atoms with Gasteiger partial charge in [0.2, 0.25) is 0 Å². The van der Waals surface area contributed by atoms with Gasteiger partial charge in [-0.1, -0.05) is 30.0 Å². The number of ether oxygens (including phenoxy) is 3. The maximum absolute atomic E-state index is 5.73. The van der Waals surface area contributed by atoms with Crippen LogP contribution in [0.1, 0.15) is 5.56 Å². The van der Waals surface area contributed by atoms with Crippen molar-refractivity contribution in [2.45, 2.75) is 5.79 Å². The topological polar surface area (TPSA) is 27.7 Å². The molecule has 1 atom stereocenters. The van der Waals surface area contributed by atoms with E-state index < -0.39 is 5.79 Å². The van der Waals surface area contributed by atoms with Gasteiger partial charge >= 0.3 is 0 Å². The smallest absolute Gasteiger partial charge is 0.254 e. The minimum atomic E-state index is -0.738. The van der Waals surface area contributed by atoms with Gasteiger partial charge in [0.1, 0.15) is 12.4 Å². The van der Waals surface area contributed by atoms with E-state index in [0.717, 1.165) is 5.56 Å². The van der Waals surface area contributed by atoms with E-state index in [-0.39, 0.29) is 0 Å². The average Bonchev–Trinajstić information content (AvgIpc) is 2.84. The van der Waals surface area contributed by atoms with Gasteiger partial charge in [0, 0.05) is 11.6 Å². The first-order valence-corrected chi connectivity index (χ1v) is 6.23. The van der Waals surface area contributed by atoms with Crippen LogP contribution < -0.4 is 0 Å². The highest BCUT2D eigenvalue weighted by atomic mass is 16.7. The van der Waals surface area contributed by atoms with Crippen LogP contribution in [-0.4, -0.2) is 25.6 Å². The molecule has 0 aliphatic carbocycles. The SMILES string of the molecule is C(#Cc1ccccc1)/C=C1/C=CC2(COCCO2)O1. The zero-order valence-electron chi connectivity index (χ0n) is 10.5. The molecule has 3 rings (SSSR count). The summed E-state index contributed by atoms with van der Waals surface area (Å²) in [6.45, 7) is 1.59. The summed E-state index contributed by atoms with van der Waals surface area (Å²) in [6.07, 6.45) is 5.49. The Hall–Kier alpha value is -2.02. The van der Waals surface area contributed by atoms with Gasteiger partial charge in [-0.2, -0.15) is 0 Å². The Balaban J connectivity index is 1.67. The Morgan fingerprint density at radius 3 is 2.84 bits per heavy atom. The fourth-order valence-electron chi connectivity index (χ4n) is 1.95. The molecule has 0 saturated carbocycles. The Morgan fingerprint density at radius 1 is 1.16 bits per heavy atom. The van der Waals surface area contributed by atoms with Gasteiger partial charge in [-0.05, 0) is 24.3 Å². The van der Waals surface area contributed by atoms with Crippen LogP contribution in [-0.2, 0) is 14.2 Å². The number of allylic oxidation sites excluding steroid dienone is 2. The summed E-state index contributed by atoms with van der Waals surface area (Å²) in [5.74, 6) is 6.00. The molecule has 96 valence electrons. The minimum Gasteiger partial charge on any atom is -0.455 e. The number of hydrogen-bond donors (Lipinski definition) is 0. The molecule has 1 unspecified atom stereocenters. The van der Waals surface area contributed by atoms with Crippen LogP contribution in [0.15, 0.2) is 54.3 Å². The fourth-order valence-corrected chi connectivity index (χ4v) is 1.95. The molecule has 1 aromatic carbocycles. The van der Waals surface area contributed by atoms with Crippen molar-refractivity contribution in [3.63, 3.8) is 0 Å². The van der Waals surface area contributed by atoms with Gasteiger partial charge in [-0.3, -0.25) is 0 Å². The van der Waals surface area contributed by atoms with Gasteiger partial charge < -0.3 is 14.2 Å². The Kier molecular flexibility index (Phi) is 3.37. The van der Waals surface area contributed by atoms with Gasteiger partial charge in [-0.25, -0.2) is 0 Å². The first-order valence-electron chi connectivity index (χ1n) is 6.23. The predicted molar refractivity (Wildman–Crippen MR) is 71.1 cm³/mol. The highest BCUT2D eigenvalue weighted by Crippen LogP contribution is 2.29. The van der Waals surface area contributed by atoms with Crippen LogP contribution in [0.3, 0.4) is 0 Å². The third kappa shape index (κ3) is 2.87. The van der Waals surface area contributed by atoms with Crippen molar-refractivity contribution in [1.82, 2.24) is 0 Å². The molecule has 3 heteroatoms. The number of hydrogen-bond acceptors (Lipinski definition) is 3. The largest absolute Gasteiger partial charge is 0.455 e. The van der Waals surface area contributed by atoms with E-state index in [1.165, 1.54) is 0 Å². The van der Waals surface area contributed by atoms with Crippen LogP contribution in [0, 0.1) is 11.8 Å². The highest BCUT2D eigenvalue weighted by molar-refractivity contribution is 5.39. The van der Waals surface area contributed by atoms with Gasteiger partial charge in [0.05, 0.1) is 13.2 Å². The van der Waals surface area contributed by atoms with Crippen molar-refractivity contribution in [1.29, 1.82) is 0 Å². The molecule has 0 amide bonds. The molecule has 0 radical (unpaired) electrons. The van der Waals surface area contributed by atoms with E-state index in [2.05, 4.69) is 11.8 Å². The van der Waals surface area contributed by atoms with Crippen LogP contribution >= 0.6 is 0 Å². The lowest BCUT2D eigenvalue weighted by Crippen LogP contribution is -2.41. The average molecular weight is 254 g/mol. The van der Waals surface area contributed by atoms with Crippen molar-refractivity contribution in [2.75, 3.05) is 19.8 Å². The summed E-state index contributed by atoms with van der Waals surface area (Å²) in [4.78, 5) is 0. The molecular formula is C16H14O3. The van der Waals surface area contributed by atoms with Gasteiger partial charge in [0.25, 0.3) is 5.79 Å². The molecular weight excluding hydrogens is 240 g/mol. The van der Waals surface area contributed by atoms with Gasteiger partial charge in [-0.15, -0.1) is 0 Å². The Morgan fingerprint density at radius 2 is 2.05 bits per heavy atom. The van der Waals surface area contributed by atoms with E-state index in [1.54, 1.807) is 6.08 Å². The molecule has 3 nitrogen and oxygen atoms in total. The van der Waals surface area contributed by atoms with Crippen molar-refractivity contribution >= 4 is 0 Å². The molecule has 1 aromatic rings. The van der Waals surface area contributed by atoms with Crippen molar-refractivity contribution < 1.29 is 14.2 Å². The fraction of sp³-hybridized carbons (Fsp3) is 0.250. The molecule has 1 fully saturated rings. The summed E-state index contributed by atoms with van der Waals surface area (Å²) in [5, 5.41) is 0. The summed E-state index contributed by atoms with van der Waals surface area (Å²) < 4.78 is 16.7. The van der Waals surface area contributed by atoms with Crippen LogP contribution in [0.5, 0.6) is 0 Å². The van der Waals surface area contributed by atoms with E-state index in [1.807, 2.05) is 42.5 Å². The monoisotopic (exact) mass is 254 g/mol.